The number of anilines is 2. The smallest absolute Gasteiger partial charge is 0.224 e. The lowest BCUT2D eigenvalue weighted by molar-refractivity contribution is -0.115. The van der Waals surface area contributed by atoms with Gasteiger partial charge in [0.2, 0.25) is 5.91 Å². The molecule has 1 aliphatic heterocycles. The van der Waals surface area contributed by atoms with Gasteiger partial charge in [0.25, 0.3) is 0 Å². The summed E-state index contributed by atoms with van der Waals surface area (Å²) in [5.41, 5.74) is 4.87. The average molecular weight is 420 g/mol. The van der Waals surface area contributed by atoms with E-state index < -0.39 is 0 Å². The molecule has 1 saturated heterocycles. The van der Waals surface area contributed by atoms with Crippen LogP contribution in [0.4, 0.5) is 11.4 Å². The zero-order valence-electron chi connectivity index (χ0n) is 17.3. The second-order valence-electron chi connectivity index (χ2n) is 7.44. The van der Waals surface area contributed by atoms with Crippen LogP contribution in [0, 0.1) is 6.92 Å². The highest BCUT2D eigenvalue weighted by molar-refractivity contribution is 7.80. The Hall–Kier alpha value is -3.19. The first-order valence-corrected chi connectivity index (χ1v) is 10.4. The van der Waals surface area contributed by atoms with E-state index in [9.17, 15) is 4.79 Å². The Bertz CT molecular complexity index is 1080. The highest BCUT2D eigenvalue weighted by Crippen LogP contribution is 2.42. The number of carbonyl (C=O) groups excluding carboxylic acids is 1. The molecule has 0 aliphatic carbocycles. The molecule has 1 amide bonds. The van der Waals surface area contributed by atoms with E-state index in [2.05, 4.69) is 37.2 Å². The van der Waals surface area contributed by atoms with Crippen molar-refractivity contribution in [2.75, 3.05) is 10.2 Å². The van der Waals surface area contributed by atoms with Crippen LogP contribution in [0.5, 0.6) is 0 Å². The number of carbonyl (C=O) groups is 1. The minimum atomic E-state index is -0.0768. The molecule has 3 heterocycles. The van der Waals surface area contributed by atoms with Crippen molar-refractivity contribution in [3.63, 3.8) is 0 Å². The van der Waals surface area contributed by atoms with Crippen molar-refractivity contribution in [1.82, 2.24) is 14.9 Å². The molecule has 6 nitrogen and oxygen atoms in total. The fourth-order valence-electron chi connectivity index (χ4n) is 3.89. The summed E-state index contributed by atoms with van der Waals surface area (Å²) in [6.45, 7) is 3.84. The summed E-state index contributed by atoms with van der Waals surface area (Å²) >= 11 is 5.77. The molecule has 154 valence electrons. The molecule has 1 aromatic carbocycles. The molecule has 3 aromatic rings. The maximum Gasteiger partial charge on any atom is 0.224 e. The van der Waals surface area contributed by atoms with Gasteiger partial charge in [-0.15, -0.1) is 0 Å². The van der Waals surface area contributed by atoms with Crippen LogP contribution in [0.15, 0.2) is 60.9 Å². The molecule has 2 aromatic heterocycles. The topological polar surface area (TPSA) is 62.2 Å². The number of nitrogens with one attached hydrogen (secondary N) is 2. The Kier molecular flexibility index (Phi) is 5.55. The van der Waals surface area contributed by atoms with Gasteiger partial charge in [0, 0.05) is 42.9 Å². The molecule has 0 radical (unpaired) electrons. The number of aromatic nitrogens is 2. The number of nitrogens with zero attached hydrogens (tertiary/aromatic N) is 3. The summed E-state index contributed by atoms with van der Waals surface area (Å²) in [5, 5.41) is 7.08. The lowest BCUT2D eigenvalue weighted by Crippen LogP contribution is -2.30. The molecule has 1 aliphatic rings. The summed E-state index contributed by atoms with van der Waals surface area (Å²) in [6, 6.07) is 16.0. The fourth-order valence-corrected chi connectivity index (χ4v) is 4.24. The molecule has 30 heavy (non-hydrogen) atoms. The molecule has 2 N–H and O–H groups in total. The van der Waals surface area contributed by atoms with Gasteiger partial charge >= 0.3 is 0 Å². The molecule has 0 saturated carbocycles. The summed E-state index contributed by atoms with van der Waals surface area (Å²) < 4.78 is 2.12. The number of pyridine rings is 1. The van der Waals surface area contributed by atoms with Crippen molar-refractivity contribution in [3.8, 4) is 0 Å². The Morgan fingerprint density at radius 1 is 1.23 bits per heavy atom. The molecule has 0 bridgehead atoms. The van der Waals surface area contributed by atoms with Gasteiger partial charge in [0.05, 0.1) is 11.7 Å². The van der Waals surface area contributed by atoms with E-state index in [1.165, 1.54) is 0 Å². The predicted molar refractivity (Wildman–Crippen MR) is 123 cm³/mol. The van der Waals surface area contributed by atoms with Crippen LogP contribution in [-0.2, 0) is 11.8 Å². The second-order valence-corrected chi connectivity index (χ2v) is 7.83. The second kappa shape index (κ2) is 8.28. The Labute approximate surface area is 181 Å². The molecule has 4 rings (SSSR count). The minimum Gasteiger partial charge on any atom is -0.353 e. The average Bonchev–Trinajstić information content (AvgIpc) is 3.32. The maximum atomic E-state index is 11.8. The minimum absolute atomic E-state index is 0.00103. The first-order chi connectivity index (χ1) is 14.5. The monoisotopic (exact) mass is 419 g/mol. The predicted octanol–water partition coefficient (Wildman–Crippen LogP) is 4.25. The van der Waals surface area contributed by atoms with Crippen LogP contribution < -0.4 is 15.5 Å². The maximum absolute atomic E-state index is 11.8. The van der Waals surface area contributed by atoms with Gasteiger partial charge in [0.15, 0.2) is 5.11 Å². The molecule has 2 unspecified atom stereocenters. The first-order valence-electron chi connectivity index (χ1n) is 10.0. The van der Waals surface area contributed by atoms with Crippen molar-refractivity contribution in [1.29, 1.82) is 0 Å². The Morgan fingerprint density at radius 3 is 2.70 bits per heavy atom. The van der Waals surface area contributed by atoms with Gasteiger partial charge in [-0.25, -0.2) is 0 Å². The zero-order valence-corrected chi connectivity index (χ0v) is 18.1. The van der Waals surface area contributed by atoms with Crippen LogP contribution >= 0.6 is 12.2 Å². The van der Waals surface area contributed by atoms with Crippen LogP contribution in [0.2, 0.25) is 0 Å². The molecule has 0 spiro atoms. The number of benzene rings is 1. The van der Waals surface area contributed by atoms with Gasteiger partial charge < -0.3 is 20.1 Å². The van der Waals surface area contributed by atoms with Crippen LogP contribution in [0.1, 0.15) is 42.4 Å². The molecular weight excluding hydrogens is 394 g/mol. The summed E-state index contributed by atoms with van der Waals surface area (Å²) in [4.78, 5) is 18.5. The van der Waals surface area contributed by atoms with E-state index in [0.29, 0.717) is 11.5 Å². The van der Waals surface area contributed by atoms with E-state index >= 15 is 0 Å². The van der Waals surface area contributed by atoms with Crippen molar-refractivity contribution >= 4 is 34.6 Å². The van der Waals surface area contributed by atoms with Gasteiger partial charge in [-0.1, -0.05) is 13.0 Å². The third-order valence-corrected chi connectivity index (χ3v) is 5.78. The summed E-state index contributed by atoms with van der Waals surface area (Å²) in [7, 11) is 2.04. The third-order valence-electron chi connectivity index (χ3n) is 5.47. The number of aryl methyl sites for hydroxylation is 2. The highest BCUT2D eigenvalue weighted by Gasteiger charge is 2.41. The van der Waals surface area contributed by atoms with Crippen molar-refractivity contribution < 1.29 is 4.79 Å². The molecular formula is C23H25N5OS. The zero-order chi connectivity index (χ0) is 21.3. The van der Waals surface area contributed by atoms with Crippen LogP contribution in [-0.4, -0.2) is 20.6 Å². The Morgan fingerprint density at radius 2 is 2.07 bits per heavy atom. The molecule has 7 heteroatoms. The lowest BCUT2D eigenvalue weighted by atomic mass is 10.0. The Balaban J connectivity index is 1.76. The van der Waals surface area contributed by atoms with Crippen molar-refractivity contribution in [2.45, 2.75) is 32.4 Å². The van der Waals surface area contributed by atoms with E-state index in [1.54, 1.807) is 6.20 Å². The lowest BCUT2D eigenvalue weighted by Gasteiger charge is -2.28. The van der Waals surface area contributed by atoms with Crippen molar-refractivity contribution in [2.24, 2.45) is 7.05 Å². The van der Waals surface area contributed by atoms with Gasteiger partial charge in [0.1, 0.15) is 6.04 Å². The van der Waals surface area contributed by atoms with E-state index in [-0.39, 0.29) is 18.0 Å². The SMILES string of the molecule is CCC(=O)Nc1ccc(N2C(=S)NC(c3ccccn3)C2c2cccn2C)cc1C. The first kappa shape index (κ1) is 20.1. The molecule has 1 fully saturated rings. The van der Waals surface area contributed by atoms with Gasteiger partial charge in [-0.2, -0.15) is 0 Å². The quantitative estimate of drug-likeness (QED) is 0.605. The number of hydrogen-bond donors (Lipinski definition) is 2. The number of hydrogen-bond acceptors (Lipinski definition) is 3. The highest BCUT2D eigenvalue weighted by atomic mass is 32.1. The number of rotatable bonds is 5. The van der Waals surface area contributed by atoms with E-state index in [0.717, 1.165) is 28.3 Å². The standard InChI is InChI=1S/C23H25N5OS/c1-4-20(29)25-17-11-10-16(14-15(17)2)28-22(19-9-7-13-27(19)3)21(26-23(28)30)18-8-5-6-12-24-18/h5-14,21-22H,4H2,1-3H3,(H,25,29)(H,26,30). The number of amides is 1. The fraction of sp³-hybridized carbons (Fsp3) is 0.261. The van der Waals surface area contributed by atoms with Gasteiger partial charge in [-0.05, 0) is 67.2 Å². The van der Waals surface area contributed by atoms with Gasteiger partial charge in [-0.3, -0.25) is 9.78 Å². The van der Waals surface area contributed by atoms with Crippen LogP contribution in [0.25, 0.3) is 0 Å². The van der Waals surface area contributed by atoms with E-state index in [4.69, 9.17) is 12.2 Å². The van der Waals surface area contributed by atoms with Crippen molar-refractivity contribution in [3.05, 3.63) is 77.9 Å². The summed E-state index contributed by atoms with van der Waals surface area (Å²) in [5.74, 6) is 0.00103. The largest absolute Gasteiger partial charge is 0.353 e. The normalized spacial score (nSPS) is 18.4. The third kappa shape index (κ3) is 3.68. The van der Waals surface area contributed by atoms with E-state index in [1.807, 2.05) is 63.5 Å². The number of thiocarbonyl (C=S) groups is 1. The molecule has 2 atom stereocenters. The van der Waals surface area contributed by atoms with Crippen LogP contribution in [0.3, 0.4) is 0 Å². The summed E-state index contributed by atoms with van der Waals surface area (Å²) in [6.07, 6.45) is 4.29.